The van der Waals surface area contributed by atoms with Crippen molar-refractivity contribution in [1.82, 2.24) is 5.32 Å². The fourth-order valence-corrected chi connectivity index (χ4v) is 0.727. The molecule has 0 bridgehead atoms. The average molecular weight is 151 g/mol. The quantitative estimate of drug-likeness (QED) is 0.359. The maximum Gasteiger partial charge on any atom is 0.309 e. The summed E-state index contributed by atoms with van der Waals surface area (Å²) >= 11 is 0. The van der Waals surface area contributed by atoms with Gasteiger partial charge in [-0.25, -0.2) is 0 Å². The molecular weight excluding hydrogens is 144 g/mol. The molecule has 0 spiro atoms. The summed E-state index contributed by atoms with van der Waals surface area (Å²) in [7, 11) is 0. The van der Waals surface area contributed by atoms with Crippen LogP contribution in [-0.2, 0) is 11.3 Å². The molecule has 11 heavy (non-hydrogen) atoms. The summed E-state index contributed by atoms with van der Waals surface area (Å²) in [5, 5.41) is 13.2. The van der Waals surface area contributed by atoms with Gasteiger partial charge in [-0.05, 0) is 6.07 Å². The number of nitrogens with one attached hydrogen (secondary N) is 1. The molecule has 0 saturated heterocycles. The molecule has 0 aliphatic rings. The number of amides is 1. The minimum Gasteiger partial charge on any atom is -0.618 e. The number of hydrogen-bond donors (Lipinski definition) is 1. The topological polar surface area (TPSA) is 56.0 Å². The molecule has 1 N–H and O–H groups in total. The van der Waals surface area contributed by atoms with Gasteiger partial charge in [-0.3, -0.25) is 4.79 Å². The molecule has 0 aliphatic heterocycles. The third-order valence-electron chi connectivity index (χ3n) is 1.25. The minimum absolute atomic E-state index is 0.216. The summed E-state index contributed by atoms with van der Waals surface area (Å²) in [6.45, 7) is 0.216. The van der Waals surface area contributed by atoms with E-state index in [9.17, 15) is 10.0 Å². The Morgan fingerprint density at radius 1 is 1.64 bits per heavy atom. The smallest absolute Gasteiger partial charge is 0.309 e. The van der Waals surface area contributed by atoms with Crippen molar-refractivity contribution in [2.45, 2.75) is 6.54 Å². The molecule has 1 rings (SSSR count). The lowest BCUT2D eigenvalue weighted by Gasteiger charge is -2.00. The second-order valence-corrected chi connectivity index (χ2v) is 1.97. The van der Waals surface area contributed by atoms with Crippen LogP contribution in [0.2, 0.25) is 0 Å². The zero-order valence-electron chi connectivity index (χ0n) is 5.78. The van der Waals surface area contributed by atoms with E-state index in [-0.39, 0.29) is 6.54 Å². The normalized spacial score (nSPS) is 9.09. The lowest BCUT2D eigenvalue weighted by Crippen LogP contribution is -2.33. The van der Waals surface area contributed by atoms with E-state index in [1.807, 2.05) is 0 Å². The molecule has 0 saturated carbocycles. The van der Waals surface area contributed by atoms with Gasteiger partial charge in [0, 0.05) is 12.1 Å². The molecule has 0 unspecified atom stereocenters. The van der Waals surface area contributed by atoms with Crippen molar-refractivity contribution in [2.75, 3.05) is 0 Å². The number of hydrogen-bond acceptors (Lipinski definition) is 2. The highest BCUT2D eigenvalue weighted by Gasteiger charge is 2.00. The number of carbonyl (C=O) groups excluding carboxylic acids is 1. The lowest BCUT2D eigenvalue weighted by molar-refractivity contribution is -0.614. The van der Waals surface area contributed by atoms with Crippen LogP contribution in [0.3, 0.4) is 0 Å². The van der Waals surface area contributed by atoms with Crippen molar-refractivity contribution in [2.24, 2.45) is 0 Å². The van der Waals surface area contributed by atoms with Gasteiger partial charge in [-0.2, -0.15) is 4.73 Å². The standard InChI is InChI=1S/C7H7N2O2/c10-6-8-5-7-3-1-2-4-9(7)11/h1-4H,5H2,(H,8,10). The molecule has 0 atom stereocenters. The van der Waals surface area contributed by atoms with Crippen molar-refractivity contribution >= 4 is 6.41 Å². The summed E-state index contributed by atoms with van der Waals surface area (Å²) in [5.74, 6) is 0. The highest BCUT2D eigenvalue weighted by atomic mass is 16.5. The monoisotopic (exact) mass is 151 g/mol. The Morgan fingerprint density at radius 2 is 2.45 bits per heavy atom. The van der Waals surface area contributed by atoms with E-state index in [1.165, 1.54) is 12.6 Å². The SMILES string of the molecule is O=[C]NCc1cccc[n+]1[O-]. The first kappa shape index (κ1) is 7.53. The van der Waals surface area contributed by atoms with Crippen LogP contribution < -0.4 is 10.0 Å². The second kappa shape index (κ2) is 3.55. The number of nitrogens with zero attached hydrogens (tertiary/aromatic N) is 1. The van der Waals surface area contributed by atoms with Crippen LogP contribution >= 0.6 is 0 Å². The molecule has 0 aliphatic carbocycles. The molecule has 4 heteroatoms. The fraction of sp³-hybridized carbons (Fsp3) is 0.143. The molecule has 1 aromatic heterocycles. The number of aromatic nitrogens is 1. The minimum atomic E-state index is 0.216. The van der Waals surface area contributed by atoms with Gasteiger partial charge < -0.3 is 10.5 Å². The predicted molar refractivity (Wildman–Crippen MR) is 37.9 cm³/mol. The first-order chi connectivity index (χ1) is 5.34. The Labute approximate surface area is 64.1 Å². The molecule has 1 amide bonds. The van der Waals surface area contributed by atoms with Crippen LogP contribution in [0, 0.1) is 5.21 Å². The summed E-state index contributed by atoms with van der Waals surface area (Å²) in [6, 6.07) is 4.99. The van der Waals surface area contributed by atoms with Crippen LogP contribution in [0.1, 0.15) is 5.69 Å². The van der Waals surface area contributed by atoms with Gasteiger partial charge in [-0.15, -0.1) is 0 Å². The van der Waals surface area contributed by atoms with Crippen molar-refractivity contribution in [3.8, 4) is 0 Å². The van der Waals surface area contributed by atoms with Crippen LogP contribution in [-0.4, -0.2) is 6.41 Å². The van der Waals surface area contributed by atoms with Gasteiger partial charge in [0.15, 0.2) is 6.20 Å². The van der Waals surface area contributed by atoms with Crippen LogP contribution in [0.25, 0.3) is 0 Å². The molecular formula is C7H7N2O2. The fourth-order valence-electron chi connectivity index (χ4n) is 0.727. The Balaban J connectivity index is 2.69. The largest absolute Gasteiger partial charge is 0.618 e. The molecule has 1 heterocycles. The lowest BCUT2D eigenvalue weighted by atomic mass is 10.3. The summed E-state index contributed by atoms with van der Waals surface area (Å²) < 4.78 is 0.699. The Hall–Kier alpha value is -1.58. The van der Waals surface area contributed by atoms with Crippen molar-refractivity contribution in [3.05, 3.63) is 35.3 Å². The highest BCUT2D eigenvalue weighted by molar-refractivity contribution is 5.46. The Morgan fingerprint density at radius 3 is 3.09 bits per heavy atom. The average Bonchev–Trinajstić information content (AvgIpc) is 2.03. The molecule has 57 valence electrons. The van der Waals surface area contributed by atoms with E-state index in [2.05, 4.69) is 5.32 Å². The van der Waals surface area contributed by atoms with E-state index in [0.29, 0.717) is 10.4 Å². The Bertz CT molecular complexity index is 250. The molecule has 0 aromatic carbocycles. The first-order valence-corrected chi connectivity index (χ1v) is 3.11. The van der Waals surface area contributed by atoms with Gasteiger partial charge in [0.05, 0.1) is 0 Å². The van der Waals surface area contributed by atoms with Gasteiger partial charge >= 0.3 is 6.41 Å². The second-order valence-electron chi connectivity index (χ2n) is 1.97. The molecule has 4 nitrogen and oxygen atoms in total. The van der Waals surface area contributed by atoms with Gasteiger partial charge in [0.2, 0.25) is 5.69 Å². The predicted octanol–water partition coefficient (Wildman–Crippen LogP) is -0.523. The molecule has 0 fully saturated rings. The van der Waals surface area contributed by atoms with Crippen LogP contribution in [0.5, 0.6) is 0 Å². The molecule has 1 radical (unpaired) electrons. The Kier molecular flexibility index (Phi) is 2.43. The number of pyridine rings is 1. The highest BCUT2D eigenvalue weighted by Crippen LogP contribution is 1.88. The van der Waals surface area contributed by atoms with Crippen LogP contribution in [0.4, 0.5) is 0 Å². The number of rotatable bonds is 3. The van der Waals surface area contributed by atoms with Crippen molar-refractivity contribution < 1.29 is 9.52 Å². The van der Waals surface area contributed by atoms with E-state index >= 15 is 0 Å². The van der Waals surface area contributed by atoms with Crippen LogP contribution in [0.15, 0.2) is 24.4 Å². The first-order valence-electron chi connectivity index (χ1n) is 3.11. The van der Waals surface area contributed by atoms with E-state index in [0.717, 1.165) is 0 Å². The van der Waals surface area contributed by atoms with Gasteiger partial charge in [0.25, 0.3) is 0 Å². The van der Waals surface area contributed by atoms with Crippen molar-refractivity contribution in [1.29, 1.82) is 0 Å². The molecule has 1 aromatic rings. The maximum atomic E-state index is 10.9. The van der Waals surface area contributed by atoms with Gasteiger partial charge in [0.1, 0.15) is 6.54 Å². The third kappa shape index (κ3) is 1.93. The summed E-state index contributed by atoms with van der Waals surface area (Å²) in [6.07, 6.45) is 2.87. The van der Waals surface area contributed by atoms with E-state index in [1.54, 1.807) is 18.2 Å². The maximum absolute atomic E-state index is 10.9. The summed E-state index contributed by atoms with van der Waals surface area (Å²) in [5.41, 5.74) is 0.496. The third-order valence-corrected chi connectivity index (χ3v) is 1.25. The van der Waals surface area contributed by atoms with E-state index in [4.69, 9.17) is 0 Å². The van der Waals surface area contributed by atoms with Crippen molar-refractivity contribution in [3.63, 3.8) is 0 Å². The zero-order chi connectivity index (χ0) is 8.10. The van der Waals surface area contributed by atoms with E-state index < -0.39 is 0 Å². The zero-order valence-corrected chi connectivity index (χ0v) is 5.78. The summed E-state index contributed by atoms with van der Waals surface area (Å²) in [4.78, 5) is 9.74. The van der Waals surface area contributed by atoms with Gasteiger partial charge in [-0.1, -0.05) is 0 Å².